The van der Waals surface area contributed by atoms with E-state index in [0.29, 0.717) is 19.0 Å². The molecule has 0 unspecified atom stereocenters. The zero-order valence-electron chi connectivity index (χ0n) is 13.7. The molecule has 0 fully saturated rings. The van der Waals surface area contributed by atoms with Gasteiger partial charge in [0.25, 0.3) is 0 Å². The number of hydrogen-bond donors (Lipinski definition) is 1. The molecule has 0 spiro atoms. The predicted molar refractivity (Wildman–Crippen MR) is 91.5 cm³/mol. The predicted octanol–water partition coefficient (Wildman–Crippen LogP) is 2.74. The fourth-order valence-electron chi connectivity index (χ4n) is 2.09. The molecule has 1 amide bonds. The first-order valence-electron chi connectivity index (χ1n) is 7.68. The minimum Gasteiger partial charge on any atom is -0.351 e. The Hall–Kier alpha value is -2.96. The van der Waals surface area contributed by atoms with Gasteiger partial charge in [-0.1, -0.05) is 38.1 Å². The van der Waals surface area contributed by atoms with Gasteiger partial charge in [0.15, 0.2) is 0 Å². The highest BCUT2D eigenvalue weighted by Gasteiger charge is 2.08. The van der Waals surface area contributed by atoms with E-state index in [1.807, 2.05) is 24.3 Å². The zero-order valence-corrected chi connectivity index (χ0v) is 13.7. The minimum atomic E-state index is -0.505. The molecule has 0 aliphatic carbocycles. The number of hydrogen-bond acceptors (Lipinski definition) is 4. The number of nitro groups is 1. The van der Waals surface area contributed by atoms with E-state index in [1.165, 1.54) is 28.7 Å². The molecule has 0 aliphatic rings. The summed E-state index contributed by atoms with van der Waals surface area (Å²) in [6.45, 7) is 4.98. The molecule has 1 N–H and O–H groups in total. The monoisotopic (exact) mass is 328 g/mol. The van der Waals surface area contributed by atoms with Gasteiger partial charge in [-0.2, -0.15) is 5.10 Å². The molecule has 126 valence electrons. The van der Waals surface area contributed by atoms with Gasteiger partial charge in [0.1, 0.15) is 12.4 Å². The molecule has 0 radical (unpaired) electrons. The Morgan fingerprint density at radius 1 is 1.38 bits per heavy atom. The van der Waals surface area contributed by atoms with Crippen molar-refractivity contribution in [2.45, 2.75) is 26.3 Å². The quantitative estimate of drug-likeness (QED) is 0.481. The Morgan fingerprint density at radius 2 is 2.08 bits per heavy atom. The van der Waals surface area contributed by atoms with Gasteiger partial charge in [-0.05, 0) is 23.1 Å². The average Bonchev–Trinajstić information content (AvgIpc) is 3.02. The van der Waals surface area contributed by atoms with E-state index in [9.17, 15) is 14.9 Å². The van der Waals surface area contributed by atoms with E-state index >= 15 is 0 Å². The molecular formula is C17H20N4O3. The van der Waals surface area contributed by atoms with Crippen molar-refractivity contribution in [2.24, 2.45) is 0 Å². The van der Waals surface area contributed by atoms with Crippen molar-refractivity contribution >= 4 is 17.7 Å². The van der Waals surface area contributed by atoms with Crippen LogP contribution in [0.3, 0.4) is 0 Å². The van der Waals surface area contributed by atoms with Gasteiger partial charge in [0, 0.05) is 12.6 Å². The molecular weight excluding hydrogens is 308 g/mol. The van der Waals surface area contributed by atoms with Crippen LogP contribution in [0.5, 0.6) is 0 Å². The van der Waals surface area contributed by atoms with Crippen molar-refractivity contribution in [1.29, 1.82) is 0 Å². The molecule has 0 bridgehead atoms. The second kappa shape index (κ2) is 8.05. The van der Waals surface area contributed by atoms with Gasteiger partial charge in [-0.15, -0.1) is 0 Å². The highest BCUT2D eigenvalue weighted by molar-refractivity contribution is 5.91. The van der Waals surface area contributed by atoms with Crippen molar-refractivity contribution in [3.63, 3.8) is 0 Å². The van der Waals surface area contributed by atoms with Crippen LogP contribution < -0.4 is 5.32 Å². The van der Waals surface area contributed by atoms with Crippen molar-refractivity contribution < 1.29 is 9.72 Å². The Bertz CT molecular complexity index is 733. The van der Waals surface area contributed by atoms with Crippen molar-refractivity contribution in [2.75, 3.05) is 6.54 Å². The summed E-state index contributed by atoms with van der Waals surface area (Å²) in [4.78, 5) is 21.8. The van der Waals surface area contributed by atoms with Gasteiger partial charge >= 0.3 is 5.69 Å². The van der Waals surface area contributed by atoms with Crippen LogP contribution in [0.4, 0.5) is 5.69 Å². The Labute approximate surface area is 140 Å². The maximum atomic E-state index is 11.8. The SMILES string of the molecule is CC(C)c1ccc(/C=C/C(=O)NCCn2cc([N+](=O)[O-])cn2)cc1. The molecule has 0 saturated carbocycles. The van der Waals surface area contributed by atoms with E-state index in [-0.39, 0.29) is 11.6 Å². The number of rotatable bonds is 7. The first kappa shape index (κ1) is 17.4. The second-order valence-electron chi connectivity index (χ2n) is 5.66. The van der Waals surface area contributed by atoms with Crippen molar-refractivity contribution in [1.82, 2.24) is 15.1 Å². The molecule has 24 heavy (non-hydrogen) atoms. The molecule has 2 aromatic rings. The number of nitrogens with zero attached hydrogens (tertiary/aromatic N) is 3. The van der Waals surface area contributed by atoms with E-state index < -0.39 is 4.92 Å². The Kier molecular flexibility index (Phi) is 5.83. The summed E-state index contributed by atoms with van der Waals surface area (Å²) in [5.74, 6) is 0.258. The maximum absolute atomic E-state index is 11.8. The number of carbonyl (C=O) groups is 1. The lowest BCUT2D eigenvalue weighted by atomic mass is 10.0. The van der Waals surface area contributed by atoms with Crippen LogP contribution >= 0.6 is 0 Å². The lowest BCUT2D eigenvalue weighted by Crippen LogP contribution is -2.25. The van der Waals surface area contributed by atoms with Gasteiger partial charge in [-0.25, -0.2) is 0 Å². The van der Waals surface area contributed by atoms with Gasteiger partial charge in [0.2, 0.25) is 5.91 Å². The lowest BCUT2D eigenvalue weighted by molar-refractivity contribution is -0.385. The third-order valence-corrected chi connectivity index (χ3v) is 3.50. The highest BCUT2D eigenvalue weighted by atomic mass is 16.6. The summed E-state index contributed by atoms with van der Waals surface area (Å²) >= 11 is 0. The van der Waals surface area contributed by atoms with Crippen LogP contribution in [-0.4, -0.2) is 27.2 Å². The number of aromatic nitrogens is 2. The van der Waals surface area contributed by atoms with Crippen LogP contribution in [0.1, 0.15) is 30.9 Å². The van der Waals surface area contributed by atoms with E-state index in [1.54, 1.807) is 6.08 Å². The first-order chi connectivity index (χ1) is 11.5. The van der Waals surface area contributed by atoms with Gasteiger partial charge in [-0.3, -0.25) is 19.6 Å². The molecule has 0 saturated heterocycles. The Balaban J connectivity index is 1.78. The molecule has 0 atom stereocenters. The number of benzene rings is 1. The fraction of sp³-hybridized carbons (Fsp3) is 0.294. The normalized spacial score (nSPS) is 11.1. The standard InChI is InChI=1S/C17H20N4O3/c1-13(2)15-6-3-14(4-7-15)5-8-17(22)18-9-10-20-12-16(11-19-20)21(23)24/h3-8,11-13H,9-10H2,1-2H3,(H,18,22)/b8-5+. The number of carbonyl (C=O) groups excluding carboxylic acids is 1. The molecule has 2 rings (SSSR count). The second-order valence-corrected chi connectivity index (χ2v) is 5.66. The summed E-state index contributed by atoms with van der Waals surface area (Å²) in [6, 6.07) is 8.05. The average molecular weight is 328 g/mol. The Morgan fingerprint density at radius 3 is 2.67 bits per heavy atom. The summed E-state index contributed by atoms with van der Waals surface area (Å²) in [6.07, 6.45) is 5.73. The largest absolute Gasteiger partial charge is 0.351 e. The molecule has 7 heteroatoms. The van der Waals surface area contributed by atoms with Crippen LogP contribution in [0, 0.1) is 10.1 Å². The first-order valence-corrected chi connectivity index (χ1v) is 7.68. The highest BCUT2D eigenvalue weighted by Crippen LogP contribution is 2.15. The number of nitrogens with one attached hydrogen (secondary N) is 1. The summed E-state index contributed by atoms with van der Waals surface area (Å²) in [7, 11) is 0. The summed E-state index contributed by atoms with van der Waals surface area (Å²) < 4.78 is 1.42. The molecule has 1 heterocycles. The summed E-state index contributed by atoms with van der Waals surface area (Å²) in [5.41, 5.74) is 2.15. The van der Waals surface area contributed by atoms with Crippen molar-refractivity contribution in [3.05, 3.63) is 64.0 Å². The van der Waals surface area contributed by atoms with Crippen LogP contribution in [0.15, 0.2) is 42.7 Å². The zero-order chi connectivity index (χ0) is 17.5. The molecule has 7 nitrogen and oxygen atoms in total. The van der Waals surface area contributed by atoms with Crippen molar-refractivity contribution in [3.8, 4) is 0 Å². The molecule has 0 aliphatic heterocycles. The third-order valence-electron chi connectivity index (χ3n) is 3.50. The van der Waals surface area contributed by atoms with Crippen LogP contribution in [0.25, 0.3) is 6.08 Å². The third kappa shape index (κ3) is 5.05. The smallest absolute Gasteiger partial charge is 0.306 e. The fourth-order valence-corrected chi connectivity index (χ4v) is 2.09. The minimum absolute atomic E-state index is 0.0638. The van der Waals surface area contributed by atoms with E-state index in [0.717, 1.165) is 5.56 Å². The number of amides is 1. The molecule has 1 aromatic heterocycles. The van der Waals surface area contributed by atoms with Crippen LogP contribution in [-0.2, 0) is 11.3 Å². The maximum Gasteiger partial charge on any atom is 0.306 e. The lowest BCUT2D eigenvalue weighted by Gasteiger charge is -2.05. The molecule has 1 aromatic carbocycles. The summed E-state index contributed by atoms with van der Waals surface area (Å²) in [5, 5.41) is 17.1. The van der Waals surface area contributed by atoms with E-state index in [4.69, 9.17) is 0 Å². The topological polar surface area (TPSA) is 90.1 Å². The van der Waals surface area contributed by atoms with Gasteiger partial charge in [0.05, 0.1) is 11.5 Å². The van der Waals surface area contributed by atoms with Gasteiger partial charge < -0.3 is 5.32 Å². The van der Waals surface area contributed by atoms with E-state index in [2.05, 4.69) is 24.3 Å². The van der Waals surface area contributed by atoms with Crippen LogP contribution in [0.2, 0.25) is 0 Å².